The van der Waals surface area contributed by atoms with Crippen LogP contribution in [0.4, 0.5) is 19.0 Å². The average Bonchev–Trinajstić information content (AvgIpc) is 3.09. The Bertz CT molecular complexity index is 514. The number of nitrogens with one attached hydrogen (secondary N) is 2. The zero-order chi connectivity index (χ0) is 14.3. The number of halogens is 4. The van der Waals surface area contributed by atoms with E-state index in [0.717, 1.165) is 0 Å². The predicted molar refractivity (Wildman–Crippen MR) is 67.0 cm³/mol. The molecule has 19 heavy (non-hydrogen) atoms. The number of hydrogen-bond acceptors (Lipinski definition) is 3. The van der Waals surface area contributed by atoms with E-state index >= 15 is 0 Å². The molecule has 104 valence electrons. The molecule has 1 saturated carbocycles. The van der Waals surface area contributed by atoms with E-state index in [1.54, 1.807) is 7.05 Å². The summed E-state index contributed by atoms with van der Waals surface area (Å²) in [5, 5.41) is 4.74. The lowest BCUT2D eigenvalue weighted by molar-refractivity contribution is -0.163. The molecule has 0 unspecified atom stereocenters. The molecule has 0 aromatic carbocycles. The molecule has 2 N–H and O–H groups in total. The number of hydrogen-bond donors (Lipinski definition) is 2. The van der Waals surface area contributed by atoms with Crippen LogP contribution in [0.1, 0.15) is 23.2 Å². The van der Waals surface area contributed by atoms with Gasteiger partial charge in [-0.2, -0.15) is 13.2 Å². The minimum absolute atomic E-state index is 0.0763. The van der Waals surface area contributed by atoms with Crippen LogP contribution in [0.5, 0.6) is 0 Å². The zero-order valence-corrected chi connectivity index (χ0v) is 11.5. The van der Waals surface area contributed by atoms with Gasteiger partial charge in [0.05, 0.1) is 5.56 Å². The van der Waals surface area contributed by atoms with Gasteiger partial charge in [0.2, 0.25) is 0 Å². The van der Waals surface area contributed by atoms with Gasteiger partial charge >= 0.3 is 6.18 Å². The number of pyridine rings is 1. The van der Waals surface area contributed by atoms with E-state index in [1.807, 2.05) is 0 Å². The van der Waals surface area contributed by atoms with Crippen molar-refractivity contribution in [3.05, 3.63) is 22.3 Å². The van der Waals surface area contributed by atoms with Crippen molar-refractivity contribution in [2.24, 2.45) is 0 Å². The van der Waals surface area contributed by atoms with Gasteiger partial charge in [-0.3, -0.25) is 4.79 Å². The molecule has 0 saturated heterocycles. The first-order chi connectivity index (χ1) is 8.79. The Kier molecular flexibility index (Phi) is 3.46. The Morgan fingerprint density at radius 2 is 2.11 bits per heavy atom. The Morgan fingerprint density at radius 1 is 1.47 bits per heavy atom. The second-order valence-corrected chi connectivity index (χ2v) is 5.25. The fourth-order valence-corrected chi connectivity index (χ4v) is 2.03. The maximum absolute atomic E-state index is 12.8. The average molecular weight is 338 g/mol. The number of rotatable bonds is 3. The van der Waals surface area contributed by atoms with Crippen molar-refractivity contribution in [3.63, 3.8) is 0 Å². The van der Waals surface area contributed by atoms with Crippen LogP contribution in [0.15, 0.2) is 16.7 Å². The lowest BCUT2D eigenvalue weighted by Crippen LogP contribution is -2.48. The van der Waals surface area contributed by atoms with Crippen molar-refractivity contribution in [2.75, 3.05) is 12.4 Å². The third-order valence-electron chi connectivity index (χ3n) is 2.98. The molecule has 0 spiro atoms. The van der Waals surface area contributed by atoms with Crippen LogP contribution >= 0.6 is 15.9 Å². The maximum atomic E-state index is 12.8. The van der Waals surface area contributed by atoms with Gasteiger partial charge < -0.3 is 10.6 Å². The van der Waals surface area contributed by atoms with Gasteiger partial charge in [0, 0.05) is 17.7 Å². The summed E-state index contributed by atoms with van der Waals surface area (Å²) in [6, 6.07) is 1.43. The number of nitrogens with zero attached hydrogens (tertiary/aromatic N) is 1. The molecule has 1 fully saturated rings. The molecule has 0 aliphatic heterocycles. The summed E-state index contributed by atoms with van der Waals surface area (Å²) >= 11 is 3.14. The topological polar surface area (TPSA) is 54.0 Å². The van der Waals surface area contributed by atoms with E-state index < -0.39 is 17.6 Å². The molecule has 1 aromatic rings. The van der Waals surface area contributed by atoms with Gasteiger partial charge in [0.25, 0.3) is 5.91 Å². The third kappa shape index (κ3) is 2.68. The maximum Gasteiger partial charge on any atom is 0.411 e. The van der Waals surface area contributed by atoms with Crippen LogP contribution in [0.2, 0.25) is 0 Å². The number of alkyl halides is 3. The summed E-state index contributed by atoms with van der Waals surface area (Å²) in [5.41, 5.74) is -2.00. The van der Waals surface area contributed by atoms with E-state index in [2.05, 4.69) is 31.5 Å². The van der Waals surface area contributed by atoms with Crippen molar-refractivity contribution in [2.45, 2.75) is 24.6 Å². The summed E-state index contributed by atoms with van der Waals surface area (Å²) in [6.45, 7) is 0. The fraction of sp³-hybridized carbons (Fsp3) is 0.455. The van der Waals surface area contributed by atoms with E-state index in [9.17, 15) is 18.0 Å². The van der Waals surface area contributed by atoms with E-state index in [0.29, 0.717) is 4.47 Å². The van der Waals surface area contributed by atoms with E-state index in [1.165, 1.54) is 12.3 Å². The number of amides is 1. The van der Waals surface area contributed by atoms with Crippen molar-refractivity contribution >= 4 is 27.7 Å². The standard InChI is InChI=1S/C11H11BrF3N3O/c1-16-8-7(4-6(12)5-17-8)9(19)18-10(2-3-10)11(13,14)15/h4-5H,2-3H2,1H3,(H,16,17)(H,18,19). The van der Waals surface area contributed by atoms with Gasteiger partial charge in [0.1, 0.15) is 11.4 Å². The Hall–Kier alpha value is -1.31. The van der Waals surface area contributed by atoms with Gasteiger partial charge in [-0.25, -0.2) is 4.98 Å². The molecule has 1 amide bonds. The fourth-order valence-electron chi connectivity index (χ4n) is 1.70. The largest absolute Gasteiger partial charge is 0.411 e. The van der Waals surface area contributed by atoms with Crippen LogP contribution in [0.25, 0.3) is 0 Å². The summed E-state index contributed by atoms with van der Waals surface area (Å²) in [7, 11) is 1.55. The summed E-state index contributed by atoms with van der Waals surface area (Å²) in [4.78, 5) is 15.9. The van der Waals surface area contributed by atoms with Gasteiger partial charge in [-0.1, -0.05) is 0 Å². The third-order valence-corrected chi connectivity index (χ3v) is 3.41. The second kappa shape index (κ2) is 4.66. The monoisotopic (exact) mass is 337 g/mol. The van der Waals surface area contributed by atoms with Crippen molar-refractivity contribution in [1.29, 1.82) is 0 Å². The lowest BCUT2D eigenvalue weighted by Gasteiger charge is -2.21. The molecule has 1 aliphatic rings. The van der Waals surface area contributed by atoms with E-state index in [-0.39, 0.29) is 24.2 Å². The smallest absolute Gasteiger partial charge is 0.372 e. The molecule has 2 rings (SSSR count). The Morgan fingerprint density at radius 3 is 2.58 bits per heavy atom. The van der Waals surface area contributed by atoms with E-state index in [4.69, 9.17) is 0 Å². The highest BCUT2D eigenvalue weighted by atomic mass is 79.9. The van der Waals surface area contributed by atoms with Crippen LogP contribution in [-0.4, -0.2) is 29.7 Å². The van der Waals surface area contributed by atoms with Crippen LogP contribution < -0.4 is 10.6 Å². The lowest BCUT2D eigenvalue weighted by atomic mass is 10.2. The second-order valence-electron chi connectivity index (χ2n) is 4.33. The molecule has 0 bridgehead atoms. The number of anilines is 1. The highest BCUT2D eigenvalue weighted by Gasteiger charge is 2.64. The molecule has 8 heteroatoms. The van der Waals surface area contributed by atoms with Crippen molar-refractivity contribution in [3.8, 4) is 0 Å². The molecular weight excluding hydrogens is 327 g/mol. The normalized spacial score (nSPS) is 16.9. The van der Waals surface area contributed by atoms with Crippen LogP contribution in [0.3, 0.4) is 0 Å². The molecule has 1 heterocycles. The minimum Gasteiger partial charge on any atom is -0.372 e. The van der Waals surface area contributed by atoms with Gasteiger partial charge in [0.15, 0.2) is 0 Å². The quantitative estimate of drug-likeness (QED) is 0.891. The van der Waals surface area contributed by atoms with Crippen molar-refractivity contribution in [1.82, 2.24) is 10.3 Å². The number of carbonyl (C=O) groups is 1. The van der Waals surface area contributed by atoms with Crippen LogP contribution in [0, 0.1) is 0 Å². The molecule has 0 atom stereocenters. The van der Waals surface area contributed by atoms with Gasteiger partial charge in [-0.05, 0) is 34.8 Å². The first kappa shape index (κ1) is 14.1. The SMILES string of the molecule is CNc1ncc(Br)cc1C(=O)NC1(C(F)(F)F)CC1. The number of carbonyl (C=O) groups excluding carboxylic acids is 1. The summed E-state index contributed by atoms with van der Waals surface area (Å²) in [5.74, 6) is -0.549. The van der Waals surface area contributed by atoms with Gasteiger partial charge in [-0.15, -0.1) is 0 Å². The molecular formula is C11H11BrF3N3O. The highest BCUT2D eigenvalue weighted by Crippen LogP contribution is 2.49. The molecule has 4 nitrogen and oxygen atoms in total. The Labute approximate surface area is 115 Å². The first-order valence-electron chi connectivity index (χ1n) is 5.51. The molecule has 0 radical (unpaired) electrons. The highest BCUT2D eigenvalue weighted by molar-refractivity contribution is 9.10. The van der Waals surface area contributed by atoms with Crippen LogP contribution in [-0.2, 0) is 0 Å². The Balaban J connectivity index is 2.24. The summed E-state index contributed by atoms with van der Waals surface area (Å²) < 4.78 is 38.9. The predicted octanol–water partition coefficient (Wildman–Crippen LogP) is 2.71. The summed E-state index contributed by atoms with van der Waals surface area (Å²) in [6.07, 6.45) is -3.14. The minimum atomic E-state index is -4.43. The number of aromatic nitrogens is 1. The molecule has 1 aromatic heterocycles. The molecule has 1 aliphatic carbocycles. The first-order valence-corrected chi connectivity index (χ1v) is 6.31. The van der Waals surface area contributed by atoms with Crippen molar-refractivity contribution < 1.29 is 18.0 Å². The zero-order valence-electron chi connectivity index (χ0n) is 9.94.